The second-order valence-electron chi connectivity index (χ2n) is 6.83. The number of ether oxygens (including phenoxy) is 2. The number of fused-ring (bicyclic) bond motifs is 1. The Bertz CT molecular complexity index is 1130. The van der Waals surface area contributed by atoms with E-state index in [9.17, 15) is 9.59 Å². The summed E-state index contributed by atoms with van der Waals surface area (Å²) in [5.74, 6) is -0.918. The molecule has 1 amide bonds. The minimum Gasteiger partial charge on any atom is -0.478 e. The van der Waals surface area contributed by atoms with E-state index in [1.807, 2.05) is 45.0 Å². The van der Waals surface area contributed by atoms with Gasteiger partial charge in [0.25, 0.3) is 5.91 Å². The van der Waals surface area contributed by atoms with Gasteiger partial charge >= 0.3 is 5.97 Å². The Labute approximate surface area is 184 Å². The Morgan fingerprint density at radius 1 is 1.00 bits per heavy atom. The van der Waals surface area contributed by atoms with Gasteiger partial charge in [0, 0.05) is 16.8 Å². The third-order valence-electron chi connectivity index (χ3n) is 4.34. The summed E-state index contributed by atoms with van der Waals surface area (Å²) in [4.78, 5) is 28.5. The van der Waals surface area contributed by atoms with Crippen molar-refractivity contribution in [2.75, 3.05) is 18.5 Å². The second-order valence-corrected chi connectivity index (χ2v) is 7.65. The summed E-state index contributed by atoms with van der Waals surface area (Å²) in [5.41, 5.74) is 3.80. The van der Waals surface area contributed by atoms with E-state index < -0.39 is 25.1 Å². The third kappa shape index (κ3) is 5.20. The first-order valence-corrected chi connectivity index (χ1v) is 9.91. The maximum absolute atomic E-state index is 12.1. The Kier molecular flexibility index (Phi) is 6.80. The number of aromatic nitrogens is 1. The molecule has 2 aromatic carbocycles. The quantitative estimate of drug-likeness (QED) is 0.537. The molecule has 0 fully saturated rings. The lowest BCUT2D eigenvalue weighted by Gasteiger charge is -2.12. The third-order valence-corrected chi connectivity index (χ3v) is 4.94. The van der Waals surface area contributed by atoms with Gasteiger partial charge in [0.05, 0.1) is 10.0 Å². The minimum absolute atomic E-state index is 0.228. The summed E-state index contributed by atoms with van der Waals surface area (Å²) < 4.78 is 10.5. The van der Waals surface area contributed by atoms with Crippen molar-refractivity contribution < 1.29 is 19.1 Å². The van der Waals surface area contributed by atoms with Gasteiger partial charge in [0.2, 0.25) is 0 Å². The van der Waals surface area contributed by atoms with Crippen LogP contribution in [0.4, 0.5) is 5.69 Å². The van der Waals surface area contributed by atoms with Crippen LogP contribution in [0.2, 0.25) is 10.0 Å². The molecule has 0 aliphatic rings. The molecule has 6 nitrogen and oxygen atoms in total. The molecule has 0 unspecified atom stereocenters. The number of halogens is 2. The summed E-state index contributed by atoms with van der Waals surface area (Å²) in [5, 5.41) is 4.04. The van der Waals surface area contributed by atoms with E-state index in [0.717, 1.165) is 16.8 Å². The average Bonchev–Trinajstić information content (AvgIpc) is 2.68. The standard InChI is InChI=1S/C22H20Cl2N2O4/c1-12-4-5-13(2)18(8-12)26-19(27)10-29-20(28)11-30-22-17(24)9-16(23)15-7-6-14(3)25-21(15)22/h4-9H,10-11H2,1-3H3,(H,26,27). The van der Waals surface area contributed by atoms with Crippen LogP contribution in [0.15, 0.2) is 36.4 Å². The first-order valence-electron chi connectivity index (χ1n) is 9.15. The highest BCUT2D eigenvalue weighted by Crippen LogP contribution is 2.37. The number of benzene rings is 2. The van der Waals surface area contributed by atoms with E-state index in [0.29, 0.717) is 21.6 Å². The van der Waals surface area contributed by atoms with E-state index in [2.05, 4.69) is 10.3 Å². The Morgan fingerprint density at radius 2 is 1.77 bits per heavy atom. The van der Waals surface area contributed by atoms with Gasteiger partial charge in [0.1, 0.15) is 5.52 Å². The largest absolute Gasteiger partial charge is 0.478 e. The van der Waals surface area contributed by atoms with E-state index >= 15 is 0 Å². The molecule has 1 N–H and O–H groups in total. The number of carbonyl (C=O) groups is 2. The number of esters is 1. The van der Waals surface area contributed by atoms with Gasteiger partial charge in [-0.15, -0.1) is 0 Å². The summed E-state index contributed by atoms with van der Waals surface area (Å²) in [7, 11) is 0. The summed E-state index contributed by atoms with van der Waals surface area (Å²) in [6.45, 7) is 4.77. The van der Waals surface area contributed by atoms with Gasteiger partial charge in [-0.3, -0.25) is 4.79 Å². The molecule has 0 saturated carbocycles. The number of amides is 1. The van der Waals surface area contributed by atoms with Gasteiger partial charge in [-0.1, -0.05) is 35.3 Å². The van der Waals surface area contributed by atoms with E-state index in [4.69, 9.17) is 32.7 Å². The van der Waals surface area contributed by atoms with Gasteiger partial charge in [-0.2, -0.15) is 0 Å². The fourth-order valence-corrected chi connectivity index (χ4v) is 3.37. The molecule has 0 atom stereocenters. The van der Waals surface area contributed by atoms with Crippen molar-refractivity contribution in [2.24, 2.45) is 0 Å². The fraction of sp³-hybridized carbons (Fsp3) is 0.227. The predicted molar refractivity (Wildman–Crippen MR) is 117 cm³/mol. The number of carbonyl (C=O) groups excluding carboxylic acids is 2. The maximum atomic E-state index is 12.1. The van der Waals surface area contributed by atoms with E-state index in [1.165, 1.54) is 6.07 Å². The molecular formula is C22H20Cl2N2O4. The van der Waals surface area contributed by atoms with Crippen molar-refractivity contribution in [1.82, 2.24) is 4.98 Å². The number of hydrogen-bond donors (Lipinski definition) is 1. The van der Waals surface area contributed by atoms with Crippen molar-refractivity contribution >= 4 is 51.7 Å². The van der Waals surface area contributed by atoms with Gasteiger partial charge in [-0.05, 0) is 56.2 Å². The molecule has 0 saturated heterocycles. The number of nitrogens with zero attached hydrogens (tertiary/aromatic N) is 1. The van der Waals surface area contributed by atoms with Crippen LogP contribution < -0.4 is 10.1 Å². The molecule has 0 spiro atoms. The van der Waals surface area contributed by atoms with Crippen LogP contribution in [0.5, 0.6) is 5.75 Å². The van der Waals surface area contributed by atoms with Gasteiger partial charge in [0.15, 0.2) is 19.0 Å². The second kappa shape index (κ2) is 9.32. The maximum Gasteiger partial charge on any atom is 0.344 e. The Hall–Kier alpha value is -2.83. The molecule has 0 radical (unpaired) electrons. The molecule has 0 aliphatic heterocycles. The lowest BCUT2D eigenvalue weighted by Crippen LogP contribution is -2.24. The summed E-state index contributed by atoms with van der Waals surface area (Å²) in [6.07, 6.45) is 0. The van der Waals surface area contributed by atoms with Crippen LogP contribution in [0.3, 0.4) is 0 Å². The molecule has 8 heteroatoms. The van der Waals surface area contributed by atoms with Crippen LogP contribution in [0, 0.1) is 20.8 Å². The van der Waals surface area contributed by atoms with Crippen molar-refractivity contribution in [3.05, 3.63) is 63.3 Å². The summed E-state index contributed by atoms with van der Waals surface area (Å²) >= 11 is 12.4. The Balaban J connectivity index is 1.60. The number of hydrogen-bond acceptors (Lipinski definition) is 5. The average molecular weight is 447 g/mol. The topological polar surface area (TPSA) is 77.5 Å². The lowest BCUT2D eigenvalue weighted by molar-refractivity contribution is -0.149. The molecule has 1 aromatic heterocycles. The number of nitrogens with one attached hydrogen (secondary N) is 1. The highest BCUT2D eigenvalue weighted by atomic mass is 35.5. The van der Waals surface area contributed by atoms with Crippen LogP contribution in [0.25, 0.3) is 10.9 Å². The molecule has 156 valence electrons. The molecule has 1 heterocycles. The highest BCUT2D eigenvalue weighted by molar-refractivity contribution is 6.39. The lowest BCUT2D eigenvalue weighted by atomic mass is 10.1. The first-order chi connectivity index (χ1) is 14.2. The Morgan fingerprint density at radius 3 is 2.53 bits per heavy atom. The van der Waals surface area contributed by atoms with E-state index in [-0.39, 0.29) is 10.8 Å². The number of rotatable bonds is 6. The van der Waals surface area contributed by atoms with Crippen molar-refractivity contribution in [2.45, 2.75) is 20.8 Å². The highest BCUT2D eigenvalue weighted by Gasteiger charge is 2.16. The normalized spacial score (nSPS) is 10.7. The minimum atomic E-state index is -0.710. The zero-order chi connectivity index (χ0) is 21.8. The zero-order valence-corrected chi connectivity index (χ0v) is 18.2. The first kappa shape index (κ1) is 21.9. The van der Waals surface area contributed by atoms with Crippen LogP contribution in [-0.2, 0) is 14.3 Å². The SMILES string of the molecule is Cc1ccc(C)c(NC(=O)COC(=O)COc2c(Cl)cc(Cl)c3ccc(C)nc23)c1. The number of aryl methyl sites for hydroxylation is 3. The molecule has 0 bridgehead atoms. The van der Waals surface area contributed by atoms with Crippen LogP contribution >= 0.6 is 23.2 Å². The van der Waals surface area contributed by atoms with Crippen LogP contribution in [-0.4, -0.2) is 30.1 Å². The smallest absolute Gasteiger partial charge is 0.344 e. The van der Waals surface area contributed by atoms with Gasteiger partial charge < -0.3 is 14.8 Å². The number of anilines is 1. The molecule has 3 aromatic rings. The molecule has 3 rings (SSSR count). The van der Waals surface area contributed by atoms with Crippen LogP contribution in [0.1, 0.15) is 16.8 Å². The predicted octanol–water partition coefficient (Wildman–Crippen LogP) is 5.03. The fourth-order valence-electron chi connectivity index (χ4n) is 2.80. The van der Waals surface area contributed by atoms with Crippen molar-refractivity contribution in [3.63, 3.8) is 0 Å². The molecule has 30 heavy (non-hydrogen) atoms. The monoisotopic (exact) mass is 446 g/mol. The molecule has 0 aliphatic carbocycles. The summed E-state index contributed by atoms with van der Waals surface area (Å²) in [6, 6.07) is 10.8. The zero-order valence-electron chi connectivity index (χ0n) is 16.7. The van der Waals surface area contributed by atoms with Crippen molar-refractivity contribution in [3.8, 4) is 5.75 Å². The number of pyridine rings is 1. The van der Waals surface area contributed by atoms with E-state index in [1.54, 1.807) is 6.07 Å². The van der Waals surface area contributed by atoms with Crippen molar-refractivity contribution in [1.29, 1.82) is 0 Å². The van der Waals surface area contributed by atoms with Gasteiger partial charge in [-0.25, -0.2) is 9.78 Å². The molecular weight excluding hydrogens is 427 g/mol.